The Morgan fingerprint density at radius 1 is 1.26 bits per heavy atom. The number of methoxy groups -OCH3 is 1. The van der Waals surface area contributed by atoms with Crippen molar-refractivity contribution < 1.29 is 4.74 Å². The van der Waals surface area contributed by atoms with Crippen LogP contribution in [0.4, 0.5) is 5.82 Å². The lowest BCUT2D eigenvalue weighted by Crippen LogP contribution is -2.33. The summed E-state index contributed by atoms with van der Waals surface area (Å²) in [6.45, 7) is 3.34. The van der Waals surface area contributed by atoms with Crippen molar-refractivity contribution >= 4 is 16.6 Å². The number of hydrogen-bond donors (Lipinski definition) is 1. The monoisotopic (exact) mass is 256 g/mol. The standard InChI is InChI=1S/C16H20N2O/c1-16(8-4-9-16)11-18-15-13-5-3-6-14(19-2)12(13)7-10-17-15/h3,5-7,10H,4,8-9,11H2,1-2H3,(H,17,18). The third-order valence-electron chi connectivity index (χ3n) is 4.23. The smallest absolute Gasteiger partial charge is 0.133 e. The SMILES string of the molecule is COc1cccc2c(NCC3(C)CCC3)nccc12. The van der Waals surface area contributed by atoms with E-state index in [0.29, 0.717) is 5.41 Å². The van der Waals surface area contributed by atoms with Crippen LogP contribution in [0.15, 0.2) is 30.5 Å². The molecular weight excluding hydrogens is 236 g/mol. The van der Waals surface area contributed by atoms with Crippen LogP contribution in [0.25, 0.3) is 10.8 Å². The maximum atomic E-state index is 5.40. The highest BCUT2D eigenvalue weighted by Crippen LogP contribution is 2.40. The summed E-state index contributed by atoms with van der Waals surface area (Å²) in [6, 6.07) is 8.10. The zero-order valence-electron chi connectivity index (χ0n) is 11.6. The summed E-state index contributed by atoms with van der Waals surface area (Å²) >= 11 is 0. The van der Waals surface area contributed by atoms with E-state index in [-0.39, 0.29) is 0 Å². The number of nitrogens with one attached hydrogen (secondary N) is 1. The molecule has 1 aliphatic carbocycles. The second kappa shape index (κ2) is 4.72. The van der Waals surface area contributed by atoms with Crippen LogP contribution >= 0.6 is 0 Å². The molecule has 0 atom stereocenters. The molecule has 0 radical (unpaired) electrons. The predicted molar refractivity (Wildman–Crippen MR) is 78.7 cm³/mol. The predicted octanol–water partition coefficient (Wildman–Crippen LogP) is 3.85. The summed E-state index contributed by atoms with van der Waals surface area (Å²) in [5.74, 6) is 1.86. The molecule has 2 aromatic rings. The molecule has 3 nitrogen and oxygen atoms in total. The normalized spacial score (nSPS) is 16.9. The van der Waals surface area contributed by atoms with Crippen LogP contribution < -0.4 is 10.1 Å². The van der Waals surface area contributed by atoms with Gasteiger partial charge in [-0.25, -0.2) is 4.98 Å². The summed E-state index contributed by atoms with van der Waals surface area (Å²) in [4.78, 5) is 4.48. The zero-order chi connectivity index (χ0) is 13.3. The summed E-state index contributed by atoms with van der Waals surface area (Å²) in [7, 11) is 1.71. The molecular formula is C16H20N2O. The first kappa shape index (κ1) is 12.3. The first-order valence-corrected chi connectivity index (χ1v) is 6.87. The molecule has 1 N–H and O–H groups in total. The number of nitrogens with zero attached hydrogens (tertiary/aromatic N) is 1. The van der Waals surface area contributed by atoms with Gasteiger partial charge in [-0.2, -0.15) is 0 Å². The van der Waals surface area contributed by atoms with Crippen LogP contribution in [0, 0.1) is 5.41 Å². The number of rotatable bonds is 4. The molecule has 1 fully saturated rings. The highest BCUT2D eigenvalue weighted by Gasteiger charge is 2.31. The van der Waals surface area contributed by atoms with E-state index in [1.165, 1.54) is 19.3 Å². The van der Waals surface area contributed by atoms with E-state index in [1.807, 2.05) is 24.4 Å². The maximum absolute atomic E-state index is 5.40. The number of benzene rings is 1. The quantitative estimate of drug-likeness (QED) is 0.902. The van der Waals surface area contributed by atoms with Gasteiger partial charge in [0.15, 0.2) is 0 Å². The average Bonchev–Trinajstić information content (AvgIpc) is 2.42. The van der Waals surface area contributed by atoms with Crippen molar-refractivity contribution in [3.8, 4) is 5.75 Å². The highest BCUT2D eigenvalue weighted by atomic mass is 16.5. The Hall–Kier alpha value is -1.77. The summed E-state index contributed by atoms with van der Waals surface area (Å²) in [5.41, 5.74) is 0.447. The summed E-state index contributed by atoms with van der Waals surface area (Å²) in [6.07, 6.45) is 5.83. The number of aromatic nitrogens is 1. The van der Waals surface area contributed by atoms with E-state index in [9.17, 15) is 0 Å². The lowest BCUT2D eigenvalue weighted by atomic mass is 9.70. The van der Waals surface area contributed by atoms with Crippen molar-refractivity contribution in [3.63, 3.8) is 0 Å². The van der Waals surface area contributed by atoms with E-state index in [1.54, 1.807) is 7.11 Å². The fraction of sp³-hybridized carbons (Fsp3) is 0.438. The van der Waals surface area contributed by atoms with Crippen molar-refractivity contribution in [2.45, 2.75) is 26.2 Å². The van der Waals surface area contributed by atoms with Gasteiger partial charge in [0.2, 0.25) is 0 Å². The van der Waals surface area contributed by atoms with Crippen LogP contribution in [-0.2, 0) is 0 Å². The number of ether oxygens (including phenoxy) is 1. The van der Waals surface area contributed by atoms with Gasteiger partial charge in [-0.05, 0) is 30.4 Å². The van der Waals surface area contributed by atoms with Gasteiger partial charge < -0.3 is 10.1 Å². The molecule has 1 aromatic carbocycles. The second-order valence-corrected chi connectivity index (χ2v) is 5.73. The van der Waals surface area contributed by atoms with Gasteiger partial charge in [-0.15, -0.1) is 0 Å². The van der Waals surface area contributed by atoms with Crippen LogP contribution in [0.3, 0.4) is 0 Å². The Balaban J connectivity index is 1.90. The van der Waals surface area contributed by atoms with Crippen molar-refractivity contribution in [1.29, 1.82) is 0 Å². The van der Waals surface area contributed by atoms with Crippen LogP contribution in [0.1, 0.15) is 26.2 Å². The third-order valence-corrected chi connectivity index (χ3v) is 4.23. The molecule has 0 spiro atoms. The van der Waals surface area contributed by atoms with Crippen LogP contribution in [-0.4, -0.2) is 18.6 Å². The molecule has 19 heavy (non-hydrogen) atoms. The van der Waals surface area contributed by atoms with Crippen LogP contribution in [0.5, 0.6) is 5.75 Å². The van der Waals surface area contributed by atoms with Crippen molar-refractivity contribution in [3.05, 3.63) is 30.5 Å². The minimum absolute atomic E-state index is 0.447. The van der Waals surface area contributed by atoms with Gasteiger partial charge in [0, 0.05) is 23.5 Å². The van der Waals surface area contributed by atoms with Crippen molar-refractivity contribution in [2.75, 3.05) is 19.0 Å². The van der Waals surface area contributed by atoms with Crippen molar-refractivity contribution in [1.82, 2.24) is 4.98 Å². The zero-order valence-corrected chi connectivity index (χ0v) is 11.6. The van der Waals surface area contributed by atoms with Gasteiger partial charge in [0.25, 0.3) is 0 Å². The molecule has 1 aromatic heterocycles. The van der Waals surface area contributed by atoms with Crippen LogP contribution in [0.2, 0.25) is 0 Å². The van der Waals surface area contributed by atoms with Gasteiger partial charge in [0.1, 0.15) is 11.6 Å². The molecule has 0 unspecified atom stereocenters. The number of anilines is 1. The Labute approximate surface area is 114 Å². The first-order chi connectivity index (χ1) is 9.22. The van der Waals surface area contributed by atoms with Crippen molar-refractivity contribution in [2.24, 2.45) is 5.41 Å². The number of fused-ring (bicyclic) bond motifs is 1. The molecule has 0 amide bonds. The Bertz CT molecular complexity index is 590. The van der Waals surface area contributed by atoms with E-state index in [0.717, 1.165) is 28.9 Å². The van der Waals surface area contributed by atoms with E-state index < -0.39 is 0 Å². The number of hydrogen-bond acceptors (Lipinski definition) is 3. The Morgan fingerprint density at radius 3 is 2.79 bits per heavy atom. The Morgan fingerprint density at radius 2 is 2.11 bits per heavy atom. The largest absolute Gasteiger partial charge is 0.496 e. The molecule has 100 valence electrons. The average molecular weight is 256 g/mol. The summed E-state index contributed by atoms with van der Waals surface area (Å²) in [5, 5.41) is 5.76. The molecule has 3 rings (SSSR count). The fourth-order valence-corrected chi connectivity index (χ4v) is 2.75. The third kappa shape index (κ3) is 2.25. The minimum atomic E-state index is 0.447. The topological polar surface area (TPSA) is 34.1 Å². The minimum Gasteiger partial charge on any atom is -0.496 e. The van der Waals surface area contributed by atoms with Gasteiger partial charge >= 0.3 is 0 Å². The van der Waals surface area contributed by atoms with Gasteiger partial charge in [0.05, 0.1) is 7.11 Å². The van der Waals surface area contributed by atoms with E-state index >= 15 is 0 Å². The number of pyridine rings is 1. The lowest BCUT2D eigenvalue weighted by Gasteiger charge is -2.38. The fourth-order valence-electron chi connectivity index (χ4n) is 2.75. The molecule has 3 heteroatoms. The van der Waals surface area contributed by atoms with Gasteiger partial charge in [-0.1, -0.05) is 25.5 Å². The summed E-state index contributed by atoms with van der Waals surface area (Å²) < 4.78 is 5.40. The molecule has 0 aliphatic heterocycles. The maximum Gasteiger partial charge on any atom is 0.133 e. The molecule has 0 bridgehead atoms. The first-order valence-electron chi connectivity index (χ1n) is 6.87. The van der Waals surface area contributed by atoms with Gasteiger partial charge in [-0.3, -0.25) is 0 Å². The van der Waals surface area contributed by atoms with E-state index in [2.05, 4.69) is 23.3 Å². The molecule has 1 aliphatic rings. The van der Waals surface area contributed by atoms with E-state index in [4.69, 9.17) is 4.74 Å². The highest BCUT2D eigenvalue weighted by molar-refractivity contribution is 5.95. The molecule has 1 heterocycles. The molecule has 1 saturated carbocycles. The lowest BCUT2D eigenvalue weighted by molar-refractivity contribution is 0.180. The Kier molecular flexibility index (Phi) is 3.05. The second-order valence-electron chi connectivity index (χ2n) is 5.73. The molecule has 0 saturated heterocycles.